The number of rotatable bonds is 14. The number of aliphatic hydroxyl groups is 2. The molecule has 0 spiro atoms. The molecule has 18 nitrogen and oxygen atoms in total. The normalized spacial score (nSPS) is 28.9. The Morgan fingerprint density at radius 3 is 1.94 bits per heavy atom. The van der Waals surface area contributed by atoms with Gasteiger partial charge in [0.2, 0.25) is 20.3 Å². The van der Waals surface area contributed by atoms with Crippen molar-refractivity contribution in [3.63, 3.8) is 0 Å². The van der Waals surface area contributed by atoms with E-state index < -0.39 is 76.9 Å². The molecule has 0 aromatic carbocycles. The van der Waals surface area contributed by atoms with E-state index in [9.17, 15) is 19.3 Å². The van der Waals surface area contributed by atoms with E-state index in [-0.39, 0.29) is 35.8 Å². The molecule has 0 bridgehead atoms. The van der Waals surface area contributed by atoms with E-state index in [4.69, 9.17) is 23.3 Å². The number of halogens is 2. The van der Waals surface area contributed by atoms with Gasteiger partial charge in [-0.05, 0) is 6.08 Å². The van der Waals surface area contributed by atoms with Gasteiger partial charge in [0.05, 0.1) is 25.9 Å². The van der Waals surface area contributed by atoms with Crippen LogP contribution < -0.4 is 10.1 Å². The minimum absolute atomic E-state index is 0.0730. The van der Waals surface area contributed by atoms with E-state index >= 15 is 8.78 Å². The Bertz CT molecular complexity index is 1700. The monoisotopic (exact) mass is 751 g/mol. The van der Waals surface area contributed by atoms with Crippen LogP contribution >= 0.6 is 39.0 Å². The third-order valence-electron chi connectivity index (χ3n) is 7.47. The van der Waals surface area contributed by atoms with Crippen LogP contribution in [0.4, 0.5) is 14.6 Å². The van der Waals surface area contributed by atoms with E-state index in [1.807, 2.05) is 0 Å². The van der Waals surface area contributed by atoms with E-state index in [2.05, 4.69) is 59.7 Å². The van der Waals surface area contributed by atoms with Gasteiger partial charge in [-0.1, -0.05) is 30.6 Å². The predicted molar refractivity (Wildman–Crippen MR) is 171 cm³/mol. The molecule has 4 aromatic heterocycles. The predicted octanol–water partition coefficient (Wildman–Crippen LogP) is 1.88. The number of anilines is 1. The lowest BCUT2D eigenvalue weighted by Gasteiger charge is -2.16. The summed E-state index contributed by atoms with van der Waals surface area (Å²) in [5.41, 5.74) is 1.02. The number of thiol groups is 2. The summed E-state index contributed by atoms with van der Waals surface area (Å²) in [6.45, 7) is -0.763. The number of imidazole rings is 2. The molecule has 0 amide bonds. The zero-order valence-electron chi connectivity index (χ0n) is 24.4. The van der Waals surface area contributed by atoms with Gasteiger partial charge in [0, 0.05) is 6.54 Å². The molecule has 24 heteroatoms. The smallest absolute Gasteiger partial charge is 0.245 e. The Balaban J connectivity index is 1.07. The molecule has 2 aliphatic rings. The Labute approximate surface area is 281 Å². The molecule has 10 atom stereocenters. The van der Waals surface area contributed by atoms with E-state index in [1.54, 1.807) is 12.2 Å². The summed E-state index contributed by atoms with van der Waals surface area (Å²) in [7, 11) is -5.60. The molecular weight excluding hydrogens is 722 g/mol. The van der Waals surface area contributed by atoms with Gasteiger partial charge in [-0.25, -0.2) is 33.7 Å². The highest BCUT2D eigenvalue weighted by Crippen LogP contribution is 2.42. The fourth-order valence-electron chi connectivity index (χ4n) is 5.37. The summed E-state index contributed by atoms with van der Waals surface area (Å²) in [5, 5.41) is 22.3. The molecule has 2 fully saturated rings. The molecule has 6 heterocycles. The molecule has 6 rings (SSSR count). The third kappa shape index (κ3) is 7.09. The van der Waals surface area contributed by atoms with Crippen molar-refractivity contribution in [2.45, 2.75) is 49.2 Å². The lowest BCUT2D eigenvalue weighted by molar-refractivity contribution is -0.0427. The van der Waals surface area contributed by atoms with Gasteiger partial charge in [0.25, 0.3) is 0 Å². The van der Waals surface area contributed by atoms with Crippen molar-refractivity contribution >= 4 is 67.1 Å². The fourth-order valence-corrected chi connectivity index (χ4v) is 7.13. The van der Waals surface area contributed by atoms with Crippen LogP contribution in [-0.4, -0.2) is 112 Å². The van der Waals surface area contributed by atoms with Gasteiger partial charge in [0.1, 0.15) is 43.7 Å². The second-order valence-electron chi connectivity index (χ2n) is 10.3. The maximum atomic E-state index is 15.2. The van der Waals surface area contributed by atoms with Crippen LogP contribution in [0.5, 0.6) is 5.88 Å². The summed E-state index contributed by atoms with van der Waals surface area (Å²) in [5.74, 6) is 0.476. The average molecular weight is 752 g/mol. The SMILES string of the molecule is O=[PH](S)OC1[C@@H](F)[C@H](n2cnc3c(NC/C=C/COc4ncnc5c4ncn5[C@@H]4O[C@H](CO)[C@@H](O[PH](=O)S)[C@H]4F)ncnc32)O[C@@H]1CO. The first-order valence-electron chi connectivity index (χ1n) is 14.2. The average Bonchev–Trinajstić information content (AvgIpc) is 3.83. The number of ether oxygens (including phenoxy) is 3. The van der Waals surface area contributed by atoms with Crippen LogP contribution in [0.15, 0.2) is 37.5 Å². The molecule has 0 aliphatic carbocycles. The molecule has 260 valence electrons. The maximum Gasteiger partial charge on any atom is 0.245 e. The lowest BCUT2D eigenvalue weighted by atomic mass is 10.1. The first kappa shape index (κ1) is 35.1. The van der Waals surface area contributed by atoms with Crippen molar-refractivity contribution in [2.24, 2.45) is 0 Å². The van der Waals surface area contributed by atoms with Crippen LogP contribution in [-0.2, 0) is 27.7 Å². The van der Waals surface area contributed by atoms with E-state index in [1.165, 1.54) is 34.4 Å². The minimum atomic E-state index is -2.80. The number of fused-ring (bicyclic) bond motifs is 2. The molecule has 2 aliphatic heterocycles. The third-order valence-corrected chi connectivity index (χ3v) is 9.05. The van der Waals surface area contributed by atoms with Gasteiger partial charge >= 0.3 is 0 Å². The van der Waals surface area contributed by atoms with Crippen molar-refractivity contribution < 1.29 is 51.4 Å². The van der Waals surface area contributed by atoms with Crippen molar-refractivity contribution in [1.82, 2.24) is 39.0 Å². The summed E-state index contributed by atoms with van der Waals surface area (Å²) in [6, 6.07) is 0. The largest absolute Gasteiger partial charge is 0.472 e. The van der Waals surface area contributed by atoms with Crippen molar-refractivity contribution in [2.75, 3.05) is 31.7 Å². The second-order valence-corrected chi connectivity index (χ2v) is 14.0. The number of aliphatic hydroxyl groups excluding tert-OH is 2. The van der Waals surface area contributed by atoms with Crippen LogP contribution in [0.2, 0.25) is 0 Å². The second kappa shape index (κ2) is 15.4. The topological polar surface area (TPSA) is 220 Å². The van der Waals surface area contributed by atoms with Gasteiger partial charge in [0.15, 0.2) is 52.9 Å². The van der Waals surface area contributed by atoms with Crippen molar-refractivity contribution in [1.29, 1.82) is 0 Å². The number of nitrogens with one attached hydrogen (secondary N) is 1. The number of hydrogen-bond acceptors (Lipinski definition) is 16. The summed E-state index contributed by atoms with van der Waals surface area (Å²) in [4.78, 5) is 25.2. The van der Waals surface area contributed by atoms with E-state index in [0.717, 1.165) is 0 Å². The summed E-state index contributed by atoms with van der Waals surface area (Å²) in [6.07, 6.45) is -2.26. The molecule has 0 radical (unpaired) electrons. The first-order valence-corrected chi connectivity index (χ1v) is 19.4. The quantitative estimate of drug-likeness (QED) is 0.0706. The molecule has 3 N–H and O–H groups in total. The van der Waals surface area contributed by atoms with Gasteiger partial charge < -0.3 is 38.8 Å². The minimum Gasteiger partial charge on any atom is -0.472 e. The van der Waals surface area contributed by atoms with Crippen LogP contribution in [0.3, 0.4) is 0 Å². The number of alkyl halides is 2. The first-order chi connectivity index (χ1) is 23.2. The molecule has 3 unspecified atom stereocenters. The highest BCUT2D eigenvalue weighted by atomic mass is 32.7. The molecule has 0 saturated carbocycles. The van der Waals surface area contributed by atoms with Gasteiger partial charge in [-0.15, -0.1) is 0 Å². The Morgan fingerprint density at radius 2 is 1.38 bits per heavy atom. The van der Waals surface area contributed by atoms with Crippen LogP contribution in [0, 0.1) is 0 Å². The van der Waals surface area contributed by atoms with Gasteiger partial charge in [-0.2, -0.15) is 4.98 Å². The Hall–Kier alpha value is -2.78. The molecule has 4 aromatic rings. The number of aromatic nitrogens is 8. The van der Waals surface area contributed by atoms with Crippen molar-refractivity contribution in [3.05, 3.63) is 37.5 Å². The molecule has 48 heavy (non-hydrogen) atoms. The highest BCUT2D eigenvalue weighted by Gasteiger charge is 2.49. The van der Waals surface area contributed by atoms with E-state index in [0.29, 0.717) is 11.3 Å². The summed E-state index contributed by atoms with van der Waals surface area (Å²) >= 11 is 7.41. The van der Waals surface area contributed by atoms with Gasteiger partial charge in [-0.3, -0.25) is 18.3 Å². The van der Waals surface area contributed by atoms with Crippen LogP contribution in [0.1, 0.15) is 12.5 Å². The lowest BCUT2D eigenvalue weighted by Crippen LogP contribution is -2.31. The molecular formula is C24H29F2N9O9P2S2. The Morgan fingerprint density at radius 1 is 0.833 bits per heavy atom. The maximum absolute atomic E-state index is 15.2. The molecule has 2 saturated heterocycles. The summed E-state index contributed by atoms with van der Waals surface area (Å²) < 4.78 is 83.2. The fraction of sp³-hybridized carbons (Fsp3) is 0.500. The zero-order valence-corrected chi connectivity index (χ0v) is 28.2. The zero-order chi connectivity index (χ0) is 33.9. The standard InChI is InChI=1S/C24H29F2N9O9P2S2/c25-13-17(43-45(38)47)11(5-36)41-23(13)34-9-32-15-19(28-7-29-20(15)34)27-3-1-2-4-40-22-16-21(30-8-31-22)35(10-33-16)24-14(26)18(44-46(39)48)12(6-37)42-24/h1-2,7-14,17-18,23-24,36-37,45-46H,3-6H2,(H,38,47)(H,39,48)(H,27,28,29)/b2-1+/t11-,12-,13-,14-,17?,18-,23-,24-/m1/s1. The highest BCUT2D eigenvalue weighted by molar-refractivity contribution is 8.39. The Kier molecular flexibility index (Phi) is 11.3. The number of nitrogens with zero attached hydrogens (tertiary/aromatic N) is 8. The number of hydrogen-bond donors (Lipinski definition) is 5. The van der Waals surface area contributed by atoms with Crippen molar-refractivity contribution in [3.8, 4) is 5.88 Å². The van der Waals surface area contributed by atoms with Crippen LogP contribution in [0.25, 0.3) is 22.3 Å².